The molecule has 2 rings (SSSR count). The second kappa shape index (κ2) is 7.32. The highest BCUT2D eigenvalue weighted by Gasteiger charge is 2.31. The van der Waals surface area contributed by atoms with E-state index in [0.717, 1.165) is 18.6 Å². The van der Waals surface area contributed by atoms with Crippen molar-refractivity contribution in [3.05, 3.63) is 10.6 Å². The topological polar surface area (TPSA) is 68.0 Å². The van der Waals surface area contributed by atoms with Crippen molar-refractivity contribution in [1.82, 2.24) is 4.98 Å². The Labute approximate surface area is 141 Å². The van der Waals surface area contributed by atoms with E-state index in [2.05, 4.69) is 31.1 Å². The molecule has 0 radical (unpaired) electrons. The lowest BCUT2D eigenvalue weighted by Crippen LogP contribution is -2.36. The number of hydrogen-bond donors (Lipinski definition) is 2. The van der Waals surface area contributed by atoms with Crippen molar-refractivity contribution in [2.75, 3.05) is 17.3 Å². The molecule has 124 valence electrons. The van der Waals surface area contributed by atoms with Gasteiger partial charge in [-0.05, 0) is 49.0 Å². The van der Waals surface area contributed by atoms with Gasteiger partial charge < -0.3 is 11.1 Å². The molecule has 0 bridgehead atoms. The van der Waals surface area contributed by atoms with Gasteiger partial charge in [0.1, 0.15) is 0 Å². The molecule has 1 amide bonds. The van der Waals surface area contributed by atoms with Crippen LogP contribution in [0.5, 0.6) is 0 Å². The number of aryl methyl sites for hydroxylation is 1. The number of nitrogens with zero attached hydrogens (tertiary/aromatic N) is 1. The minimum Gasteiger partial charge on any atom is -0.320 e. The summed E-state index contributed by atoms with van der Waals surface area (Å²) in [4.78, 5) is 18.0. The van der Waals surface area contributed by atoms with E-state index in [1.165, 1.54) is 17.0 Å². The van der Waals surface area contributed by atoms with Crippen LogP contribution in [0.25, 0.3) is 0 Å². The van der Waals surface area contributed by atoms with E-state index in [9.17, 15) is 4.79 Å². The molecule has 0 saturated heterocycles. The highest BCUT2D eigenvalue weighted by Crippen LogP contribution is 2.40. The Bertz CT molecular complexity index is 522. The Morgan fingerprint density at radius 3 is 2.91 bits per heavy atom. The lowest BCUT2D eigenvalue weighted by atomic mass is 9.73. The molecule has 0 aromatic carbocycles. The van der Waals surface area contributed by atoms with Crippen molar-refractivity contribution in [3.63, 3.8) is 0 Å². The van der Waals surface area contributed by atoms with Crippen LogP contribution in [0.15, 0.2) is 0 Å². The summed E-state index contributed by atoms with van der Waals surface area (Å²) in [5.41, 5.74) is 7.39. The molecule has 6 heteroatoms. The summed E-state index contributed by atoms with van der Waals surface area (Å²) >= 11 is 3.33. The molecular weight excluding hydrogens is 314 g/mol. The summed E-state index contributed by atoms with van der Waals surface area (Å²) in [5.74, 6) is 1.47. The Hall–Kier alpha value is -0.590. The monoisotopic (exact) mass is 341 g/mol. The van der Waals surface area contributed by atoms with Gasteiger partial charge in [0.2, 0.25) is 5.91 Å². The zero-order valence-corrected chi connectivity index (χ0v) is 15.6. The quantitative estimate of drug-likeness (QED) is 0.862. The fourth-order valence-electron chi connectivity index (χ4n) is 2.74. The van der Waals surface area contributed by atoms with Crippen LogP contribution in [0, 0.1) is 11.3 Å². The van der Waals surface area contributed by atoms with Crippen LogP contribution >= 0.6 is 23.1 Å². The average molecular weight is 342 g/mol. The second-order valence-corrected chi connectivity index (χ2v) is 9.14. The highest BCUT2D eigenvalue weighted by atomic mass is 32.2. The summed E-state index contributed by atoms with van der Waals surface area (Å²) < 4.78 is 0. The maximum absolute atomic E-state index is 12.1. The number of thiazole rings is 1. The van der Waals surface area contributed by atoms with Crippen LogP contribution in [-0.2, 0) is 17.6 Å². The summed E-state index contributed by atoms with van der Waals surface area (Å²) in [5, 5.41) is 3.61. The van der Waals surface area contributed by atoms with Crippen LogP contribution in [0.2, 0.25) is 0 Å². The van der Waals surface area contributed by atoms with Gasteiger partial charge in [0.05, 0.1) is 11.7 Å². The maximum Gasteiger partial charge on any atom is 0.243 e. The number of nitrogens with one attached hydrogen (secondary N) is 1. The van der Waals surface area contributed by atoms with Gasteiger partial charge in [0.15, 0.2) is 5.13 Å². The van der Waals surface area contributed by atoms with Gasteiger partial charge in [0.25, 0.3) is 0 Å². The van der Waals surface area contributed by atoms with Gasteiger partial charge in [-0.1, -0.05) is 20.8 Å². The lowest BCUT2D eigenvalue weighted by molar-refractivity contribution is -0.117. The van der Waals surface area contributed by atoms with E-state index in [0.29, 0.717) is 22.9 Å². The van der Waals surface area contributed by atoms with Crippen LogP contribution in [0.3, 0.4) is 0 Å². The van der Waals surface area contributed by atoms with Crippen molar-refractivity contribution < 1.29 is 4.79 Å². The summed E-state index contributed by atoms with van der Waals surface area (Å²) in [6, 6.07) is -0.448. The van der Waals surface area contributed by atoms with Crippen LogP contribution in [0.4, 0.5) is 5.13 Å². The fraction of sp³-hybridized carbons (Fsp3) is 0.750. The molecule has 1 heterocycles. The molecule has 2 atom stereocenters. The molecule has 0 saturated carbocycles. The highest BCUT2D eigenvalue weighted by molar-refractivity contribution is 7.98. The lowest BCUT2D eigenvalue weighted by Gasteiger charge is -2.33. The number of hydrogen-bond acceptors (Lipinski definition) is 5. The number of aromatic nitrogens is 1. The van der Waals surface area contributed by atoms with E-state index in [-0.39, 0.29) is 5.91 Å². The minimum absolute atomic E-state index is 0.118. The molecule has 0 fully saturated rings. The number of amides is 1. The van der Waals surface area contributed by atoms with E-state index in [1.807, 2.05) is 6.26 Å². The molecule has 1 aliphatic carbocycles. The first-order valence-corrected chi connectivity index (χ1v) is 10.1. The van der Waals surface area contributed by atoms with Crippen molar-refractivity contribution in [2.45, 2.75) is 52.5 Å². The second-order valence-electron chi connectivity index (χ2n) is 7.07. The van der Waals surface area contributed by atoms with Gasteiger partial charge in [-0.3, -0.25) is 4.79 Å². The standard InChI is InChI=1S/C16H27N3OS2/c1-16(2,3)10-5-6-12-13(9-10)22-15(18-12)19-14(20)11(17)7-8-21-4/h10-11H,5-9,17H2,1-4H3,(H,18,19,20). The third kappa shape index (κ3) is 4.46. The molecular formula is C16H27N3OS2. The Morgan fingerprint density at radius 2 is 2.27 bits per heavy atom. The molecule has 0 spiro atoms. The summed E-state index contributed by atoms with van der Waals surface area (Å²) in [6.45, 7) is 6.91. The first-order chi connectivity index (χ1) is 10.3. The fourth-order valence-corrected chi connectivity index (χ4v) is 4.32. The van der Waals surface area contributed by atoms with E-state index < -0.39 is 6.04 Å². The van der Waals surface area contributed by atoms with Gasteiger partial charge >= 0.3 is 0 Å². The predicted octanol–water partition coefficient (Wildman–Crippen LogP) is 3.31. The van der Waals surface area contributed by atoms with E-state index in [4.69, 9.17) is 5.73 Å². The Morgan fingerprint density at radius 1 is 1.55 bits per heavy atom. The Kier molecular flexibility index (Phi) is 5.91. The molecule has 4 nitrogen and oxygen atoms in total. The van der Waals surface area contributed by atoms with Crippen LogP contribution < -0.4 is 11.1 Å². The number of thioether (sulfide) groups is 1. The Balaban J connectivity index is 1.98. The van der Waals surface area contributed by atoms with Gasteiger partial charge in [0, 0.05) is 4.88 Å². The third-order valence-corrected chi connectivity index (χ3v) is 6.04. The molecule has 1 aromatic heterocycles. The zero-order chi connectivity index (χ0) is 16.3. The van der Waals surface area contributed by atoms with Crippen molar-refractivity contribution >= 4 is 34.1 Å². The molecule has 2 unspecified atom stereocenters. The first kappa shape index (κ1) is 17.8. The van der Waals surface area contributed by atoms with Gasteiger partial charge in [-0.2, -0.15) is 11.8 Å². The zero-order valence-electron chi connectivity index (χ0n) is 13.9. The van der Waals surface area contributed by atoms with Crippen LogP contribution in [0.1, 0.15) is 44.2 Å². The predicted molar refractivity (Wildman–Crippen MR) is 96.7 cm³/mol. The van der Waals surface area contributed by atoms with Crippen molar-refractivity contribution in [2.24, 2.45) is 17.1 Å². The van der Waals surface area contributed by atoms with E-state index in [1.54, 1.807) is 23.1 Å². The number of carbonyl (C=O) groups is 1. The van der Waals surface area contributed by atoms with Gasteiger partial charge in [-0.15, -0.1) is 11.3 Å². The number of carbonyl (C=O) groups excluding carboxylic acids is 1. The normalized spacial score (nSPS) is 19.6. The van der Waals surface area contributed by atoms with Crippen molar-refractivity contribution in [3.8, 4) is 0 Å². The number of rotatable bonds is 5. The van der Waals surface area contributed by atoms with Crippen LogP contribution in [-0.4, -0.2) is 28.9 Å². The van der Waals surface area contributed by atoms with Gasteiger partial charge in [-0.25, -0.2) is 4.98 Å². The molecule has 1 aliphatic rings. The minimum atomic E-state index is -0.448. The molecule has 3 N–H and O–H groups in total. The van der Waals surface area contributed by atoms with E-state index >= 15 is 0 Å². The molecule has 1 aromatic rings. The van der Waals surface area contributed by atoms with Crippen molar-refractivity contribution in [1.29, 1.82) is 0 Å². The first-order valence-electron chi connectivity index (χ1n) is 7.85. The summed E-state index contributed by atoms with van der Waals surface area (Å²) in [7, 11) is 0. The largest absolute Gasteiger partial charge is 0.320 e. The smallest absolute Gasteiger partial charge is 0.243 e. The number of anilines is 1. The third-order valence-electron chi connectivity index (χ3n) is 4.36. The molecule has 0 aliphatic heterocycles. The number of fused-ring (bicyclic) bond motifs is 1. The average Bonchev–Trinajstić information content (AvgIpc) is 2.84. The SMILES string of the molecule is CSCCC(N)C(=O)Nc1nc2c(s1)CC(C(C)(C)C)CC2. The summed E-state index contributed by atoms with van der Waals surface area (Å²) in [6.07, 6.45) is 5.99. The maximum atomic E-state index is 12.1. The molecule has 22 heavy (non-hydrogen) atoms. The number of nitrogens with two attached hydrogens (primary N) is 1.